The molecule has 2 saturated heterocycles. The lowest BCUT2D eigenvalue weighted by atomic mass is 10.0. The van der Waals surface area contributed by atoms with Crippen LogP contribution in [0.1, 0.15) is 46.4 Å². The Bertz CT molecular complexity index is 954. The molecular weight excluding hydrogens is 457 g/mol. The van der Waals surface area contributed by atoms with Gasteiger partial charge in [0.2, 0.25) is 5.91 Å². The lowest BCUT2D eigenvalue weighted by molar-refractivity contribution is -0.136. The molecule has 0 aliphatic carbocycles. The van der Waals surface area contributed by atoms with Crippen LogP contribution in [0.2, 0.25) is 10.0 Å². The molecule has 1 unspecified atom stereocenters. The highest BCUT2D eigenvalue weighted by Gasteiger charge is 2.38. The van der Waals surface area contributed by atoms with Crippen molar-refractivity contribution in [1.82, 2.24) is 15.1 Å². The summed E-state index contributed by atoms with van der Waals surface area (Å²) in [6.07, 6.45) is 2.83. The van der Waals surface area contributed by atoms with Crippen LogP contribution in [0.25, 0.3) is 0 Å². The molecule has 0 spiro atoms. The van der Waals surface area contributed by atoms with E-state index in [4.69, 9.17) is 23.2 Å². The highest BCUT2D eigenvalue weighted by Crippen LogP contribution is 2.26. The maximum Gasteiger partial charge on any atom is 0.254 e. The Morgan fingerprint density at radius 3 is 2.32 bits per heavy atom. The van der Waals surface area contributed by atoms with E-state index in [2.05, 4.69) is 5.32 Å². The van der Waals surface area contributed by atoms with Gasteiger partial charge in [0.05, 0.1) is 0 Å². The zero-order valence-corrected chi connectivity index (χ0v) is 19.2. The first-order valence-electron chi connectivity index (χ1n) is 10.3. The minimum atomic E-state index is -0.470. The summed E-state index contributed by atoms with van der Waals surface area (Å²) >= 11 is 13.6. The lowest BCUT2D eigenvalue weighted by Crippen LogP contribution is -2.52. The highest BCUT2D eigenvalue weighted by molar-refractivity contribution is 7.08. The van der Waals surface area contributed by atoms with Crippen molar-refractivity contribution >= 4 is 52.3 Å². The minimum Gasteiger partial charge on any atom is -0.349 e. The van der Waals surface area contributed by atoms with E-state index in [1.165, 1.54) is 11.3 Å². The molecule has 2 aliphatic heterocycles. The van der Waals surface area contributed by atoms with Gasteiger partial charge in [0.15, 0.2) is 0 Å². The maximum atomic E-state index is 13.2. The predicted molar refractivity (Wildman–Crippen MR) is 122 cm³/mol. The van der Waals surface area contributed by atoms with Crippen LogP contribution in [0.5, 0.6) is 0 Å². The van der Waals surface area contributed by atoms with Gasteiger partial charge in [-0.05, 0) is 55.3 Å². The van der Waals surface area contributed by atoms with E-state index in [0.29, 0.717) is 60.1 Å². The Balaban J connectivity index is 1.35. The standard InChI is InChI=1S/C22H23Cl2N3O3S/c23-16-10-15(11-17(24)12-16)21(29)27-6-1-2-19(27)22(30)26-7-3-18(4-8-26)25-20(28)14-5-9-31-13-14/h5,9-13,18-19H,1-4,6-8H2,(H,25,28). The molecule has 31 heavy (non-hydrogen) atoms. The van der Waals surface area contributed by atoms with Crippen molar-refractivity contribution < 1.29 is 14.4 Å². The van der Waals surface area contributed by atoms with E-state index >= 15 is 0 Å². The monoisotopic (exact) mass is 479 g/mol. The van der Waals surface area contributed by atoms with Crippen molar-refractivity contribution in [3.05, 3.63) is 56.2 Å². The summed E-state index contributed by atoms with van der Waals surface area (Å²) in [5.74, 6) is -0.321. The van der Waals surface area contributed by atoms with Crippen LogP contribution in [0.4, 0.5) is 0 Å². The second-order valence-corrected chi connectivity index (χ2v) is 9.55. The Kier molecular flexibility index (Phi) is 6.84. The van der Waals surface area contributed by atoms with Crippen LogP contribution in [0.3, 0.4) is 0 Å². The summed E-state index contributed by atoms with van der Waals surface area (Å²) in [6, 6.07) is 6.12. The van der Waals surface area contributed by atoms with Gasteiger partial charge in [0.1, 0.15) is 6.04 Å². The van der Waals surface area contributed by atoms with E-state index in [9.17, 15) is 14.4 Å². The molecule has 6 nitrogen and oxygen atoms in total. The zero-order chi connectivity index (χ0) is 22.0. The maximum absolute atomic E-state index is 13.2. The van der Waals surface area contributed by atoms with Crippen molar-refractivity contribution in [2.45, 2.75) is 37.8 Å². The van der Waals surface area contributed by atoms with Gasteiger partial charge in [-0.15, -0.1) is 0 Å². The lowest BCUT2D eigenvalue weighted by Gasteiger charge is -2.35. The van der Waals surface area contributed by atoms with Gasteiger partial charge in [-0.25, -0.2) is 0 Å². The molecule has 2 aromatic rings. The third-order valence-corrected chi connectivity index (χ3v) is 6.95. The Morgan fingerprint density at radius 2 is 1.68 bits per heavy atom. The number of likely N-dealkylation sites (tertiary alicyclic amines) is 2. The Labute approximate surface area is 195 Å². The zero-order valence-electron chi connectivity index (χ0n) is 16.9. The fraction of sp³-hybridized carbons (Fsp3) is 0.409. The molecule has 1 aromatic carbocycles. The van der Waals surface area contributed by atoms with E-state index in [-0.39, 0.29) is 23.8 Å². The molecule has 164 valence electrons. The number of nitrogens with one attached hydrogen (secondary N) is 1. The third-order valence-electron chi connectivity index (χ3n) is 5.83. The molecule has 3 amide bonds. The molecule has 0 radical (unpaired) electrons. The van der Waals surface area contributed by atoms with Crippen LogP contribution in [-0.4, -0.2) is 59.2 Å². The number of halogens is 2. The number of piperidine rings is 1. The summed E-state index contributed by atoms with van der Waals surface area (Å²) in [7, 11) is 0. The smallest absolute Gasteiger partial charge is 0.254 e. The number of nitrogens with zero attached hydrogens (tertiary/aromatic N) is 2. The molecule has 3 heterocycles. The van der Waals surface area contributed by atoms with Gasteiger partial charge in [0, 0.05) is 52.2 Å². The van der Waals surface area contributed by atoms with Crippen molar-refractivity contribution in [1.29, 1.82) is 0 Å². The summed E-state index contributed by atoms with van der Waals surface area (Å²) in [6.45, 7) is 1.66. The molecule has 1 atom stereocenters. The largest absolute Gasteiger partial charge is 0.349 e. The van der Waals surface area contributed by atoms with Gasteiger partial charge in [-0.2, -0.15) is 11.3 Å². The van der Waals surface area contributed by atoms with Crippen molar-refractivity contribution in [2.24, 2.45) is 0 Å². The van der Waals surface area contributed by atoms with Crippen LogP contribution < -0.4 is 5.32 Å². The topological polar surface area (TPSA) is 69.7 Å². The van der Waals surface area contributed by atoms with Gasteiger partial charge >= 0.3 is 0 Å². The van der Waals surface area contributed by atoms with Crippen LogP contribution in [0.15, 0.2) is 35.0 Å². The van der Waals surface area contributed by atoms with Crippen molar-refractivity contribution in [3.8, 4) is 0 Å². The third kappa shape index (κ3) is 5.05. The fourth-order valence-corrected chi connectivity index (χ4v) is 5.39. The van der Waals surface area contributed by atoms with Gasteiger partial charge in [-0.3, -0.25) is 14.4 Å². The van der Waals surface area contributed by atoms with Crippen molar-refractivity contribution in [2.75, 3.05) is 19.6 Å². The first-order valence-corrected chi connectivity index (χ1v) is 12.0. The van der Waals surface area contributed by atoms with Crippen LogP contribution in [0, 0.1) is 0 Å². The average Bonchev–Trinajstić information content (AvgIpc) is 3.45. The summed E-state index contributed by atoms with van der Waals surface area (Å²) in [4.78, 5) is 41.9. The second kappa shape index (κ2) is 9.59. The Morgan fingerprint density at radius 1 is 0.968 bits per heavy atom. The average molecular weight is 480 g/mol. The van der Waals surface area contributed by atoms with E-state index in [1.54, 1.807) is 29.2 Å². The minimum absolute atomic E-state index is 0.0263. The normalized spacial score (nSPS) is 19.5. The molecular formula is C22H23Cl2N3O3S. The number of hydrogen-bond acceptors (Lipinski definition) is 4. The van der Waals surface area contributed by atoms with E-state index < -0.39 is 6.04 Å². The molecule has 4 rings (SSSR count). The van der Waals surface area contributed by atoms with Crippen LogP contribution in [-0.2, 0) is 4.79 Å². The molecule has 2 aliphatic rings. The fourth-order valence-electron chi connectivity index (χ4n) is 4.23. The van der Waals surface area contributed by atoms with E-state index in [1.807, 2.05) is 15.7 Å². The van der Waals surface area contributed by atoms with Crippen molar-refractivity contribution in [3.63, 3.8) is 0 Å². The first-order chi connectivity index (χ1) is 14.9. The number of benzene rings is 1. The number of carbonyl (C=O) groups is 3. The Hall–Kier alpha value is -2.09. The van der Waals surface area contributed by atoms with Crippen LogP contribution >= 0.6 is 34.5 Å². The van der Waals surface area contributed by atoms with Gasteiger partial charge < -0.3 is 15.1 Å². The molecule has 2 fully saturated rings. The molecule has 9 heteroatoms. The molecule has 0 bridgehead atoms. The SMILES string of the molecule is O=C(NC1CCN(C(=O)C2CCCN2C(=O)c2cc(Cl)cc(Cl)c2)CC1)c1ccsc1. The molecule has 0 saturated carbocycles. The summed E-state index contributed by atoms with van der Waals surface area (Å²) in [5.41, 5.74) is 1.07. The van der Waals surface area contributed by atoms with Gasteiger partial charge in [-0.1, -0.05) is 23.2 Å². The molecule has 1 N–H and O–H groups in total. The number of amides is 3. The summed E-state index contributed by atoms with van der Waals surface area (Å²) in [5, 5.41) is 7.54. The first kappa shape index (κ1) is 22.1. The predicted octanol–water partition coefficient (Wildman–Crippen LogP) is 4.08. The second-order valence-electron chi connectivity index (χ2n) is 7.90. The highest BCUT2D eigenvalue weighted by atomic mass is 35.5. The summed E-state index contributed by atoms with van der Waals surface area (Å²) < 4.78 is 0. The number of carbonyl (C=O) groups excluding carboxylic acids is 3. The van der Waals surface area contributed by atoms with Gasteiger partial charge in [0.25, 0.3) is 11.8 Å². The number of rotatable bonds is 4. The quantitative estimate of drug-likeness (QED) is 0.717. The van der Waals surface area contributed by atoms with E-state index in [0.717, 1.165) is 6.42 Å². The number of hydrogen-bond donors (Lipinski definition) is 1. The molecule has 1 aromatic heterocycles. The number of thiophene rings is 1.